The van der Waals surface area contributed by atoms with E-state index < -0.39 is 6.10 Å². The highest BCUT2D eigenvalue weighted by atomic mass is 16.5. The quantitative estimate of drug-likeness (QED) is 0.923. The Hall–Kier alpha value is -1.45. The number of hydrogen-bond acceptors (Lipinski definition) is 3. The first-order chi connectivity index (χ1) is 9.43. The lowest BCUT2D eigenvalue weighted by Gasteiger charge is -2.34. The Morgan fingerprint density at radius 3 is 2.65 bits per heavy atom. The van der Waals surface area contributed by atoms with E-state index in [-0.39, 0.29) is 11.5 Å². The molecule has 1 aromatic heterocycles. The first kappa shape index (κ1) is 14.9. The molecule has 0 amide bonds. The maximum atomic E-state index is 10.7. The van der Waals surface area contributed by atoms with E-state index in [1.165, 1.54) is 0 Å². The zero-order chi connectivity index (χ0) is 14.8. The van der Waals surface area contributed by atoms with Crippen LogP contribution in [-0.2, 0) is 4.74 Å². The highest BCUT2D eigenvalue weighted by Gasteiger charge is 2.32. The van der Waals surface area contributed by atoms with E-state index in [4.69, 9.17) is 4.74 Å². The molecule has 3 nitrogen and oxygen atoms in total. The van der Waals surface area contributed by atoms with Crippen LogP contribution in [0.5, 0.6) is 0 Å². The van der Waals surface area contributed by atoms with Gasteiger partial charge in [-0.05, 0) is 30.0 Å². The third-order valence-corrected chi connectivity index (χ3v) is 3.46. The van der Waals surface area contributed by atoms with Crippen molar-refractivity contribution < 1.29 is 9.84 Å². The number of rotatable bonds is 4. The molecule has 1 N–H and O–H groups in total. The maximum absolute atomic E-state index is 10.7. The van der Waals surface area contributed by atoms with Crippen LogP contribution in [0, 0.1) is 5.41 Å². The largest absolute Gasteiger partial charge is 0.386 e. The second kappa shape index (κ2) is 5.90. The highest BCUT2D eigenvalue weighted by molar-refractivity contribution is 5.78. The molecule has 0 bridgehead atoms. The zero-order valence-corrected chi connectivity index (χ0v) is 12.6. The molecule has 20 heavy (non-hydrogen) atoms. The van der Waals surface area contributed by atoms with Crippen LogP contribution < -0.4 is 0 Å². The second-order valence-corrected chi connectivity index (χ2v) is 6.14. The van der Waals surface area contributed by atoms with E-state index in [0.29, 0.717) is 6.61 Å². The monoisotopic (exact) mass is 273 g/mol. The van der Waals surface area contributed by atoms with Crippen molar-refractivity contribution >= 4 is 10.9 Å². The number of aliphatic hydroxyl groups is 1. The van der Waals surface area contributed by atoms with Crippen molar-refractivity contribution in [3.63, 3.8) is 0 Å². The van der Waals surface area contributed by atoms with E-state index in [2.05, 4.69) is 25.8 Å². The molecule has 0 fully saturated rings. The second-order valence-electron chi connectivity index (χ2n) is 6.14. The van der Waals surface area contributed by atoms with Gasteiger partial charge >= 0.3 is 0 Å². The van der Waals surface area contributed by atoms with E-state index in [1.807, 2.05) is 37.3 Å². The Morgan fingerprint density at radius 1 is 1.25 bits per heavy atom. The standard InChI is InChI=1S/C17H23NO2/c1-5-20-16(17(2,3)4)15(19)13-9-8-12-7-6-10-18-14(12)11-13/h6-11,15-16,19H,5H2,1-4H3. The topological polar surface area (TPSA) is 42.4 Å². The normalized spacial score (nSPS) is 15.2. The van der Waals surface area contributed by atoms with Gasteiger partial charge < -0.3 is 9.84 Å². The number of benzene rings is 1. The van der Waals surface area contributed by atoms with Crippen molar-refractivity contribution in [1.82, 2.24) is 4.98 Å². The molecule has 0 spiro atoms. The van der Waals surface area contributed by atoms with E-state index in [9.17, 15) is 5.11 Å². The fourth-order valence-electron chi connectivity index (χ4n) is 2.44. The van der Waals surface area contributed by atoms with Gasteiger partial charge in [0.1, 0.15) is 6.10 Å². The average Bonchev–Trinajstić information content (AvgIpc) is 2.42. The van der Waals surface area contributed by atoms with Gasteiger partial charge in [0.2, 0.25) is 0 Å². The van der Waals surface area contributed by atoms with Crippen molar-refractivity contribution in [1.29, 1.82) is 0 Å². The lowest BCUT2D eigenvalue weighted by molar-refractivity contribution is -0.0898. The molecule has 1 heterocycles. The van der Waals surface area contributed by atoms with Crippen molar-refractivity contribution in [2.75, 3.05) is 6.61 Å². The summed E-state index contributed by atoms with van der Waals surface area (Å²) in [6.07, 6.45) is 0.873. The Kier molecular flexibility index (Phi) is 4.41. The lowest BCUT2D eigenvalue weighted by Crippen LogP contribution is -2.35. The van der Waals surface area contributed by atoms with E-state index in [0.717, 1.165) is 16.5 Å². The minimum Gasteiger partial charge on any atom is -0.386 e. The van der Waals surface area contributed by atoms with Crippen LogP contribution in [0.1, 0.15) is 39.4 Å². The van der Waals surface area contributed by atoms with Crippen LogP contribution in [0.2, 0.25) is 0 Å². The van der Waals surface area contributed by atoms with Crippen LogP contribution in [0.4, 0.5) is 0 Å². The van der Waals surface area contributed by atoms with Gasteiger partial charge in [-0.3, -0.25) is 4.98 Å². The Bertz CT molecular complexity index is 574. The molecular weight excluding hydrogens is 250 g/mol. The van der Waals surface area contributed by atoms with Crippen LogP contribution in [0.15, 0.2) is 36.5 Å². The first-order valence-corrected chi connectivity index (χ1v) is 7.08. The fourth-order valence-corrected chi connectivity index (χ4v) is 2.44. The summed E-state index contributed by atoms with van der Waals surface area (Å²) in [6.45, 7) is 8.78. The Balaban J connectivity index is 2.35. The van der Waals surface area contributed by atoms with Gasteiger partial charge in [0.25, 0.3) is 0 Å². The SMILES string of the molecule is CCOC(C(O)c1ccc2cccnc2c1)C(C)(C)C. The molecule has 0 saturated carbocycles. The van der Waals surface area contributed by atoms with Gasteiger partial charge in [0, 0.05) is 18.2 Å². The molecule has 2 atom stereocenters. The number of hydrogen-bond donors (Lipinski definition) is 1. The molecule has 2 rings (SSSR count). The van der Waals surface area contributed by atoms with Gasteiger partial charge in [0.05, 0.1) is 11.6 Å². The van der Waals surface area contributed by atoms with Crippen molar-refractivity contribution in [2.24, 2.45) is 5.41 Å². The molecule has 0 radical (unpaired) electrons. The summed E-state index contributed by atoms with van der Waals surface area (Å²) in [7, 11) is 0. The minimum absolute atomic E-state index is 0.130. The lowest BCUT2D eigenvalue weighted by atomic mass is 9.83. The molecule has 0 aliphatic heterocycles. The molecule has 1 aromatic carbocycles. The summed E-state index contributed by atoms with van der Waals surface area (Å²) in [5.41, 5.74) is 1.62. The van der Waals surface area contributed by atoms with Crippen LogP contribution in [-0.4, -0.2) is 22.8 Å². The summed E-state index contributed by atoms with van der Waals surface area (Å²) in [5.74, 6) is 0. The number of ether oxygens (including phenoxy) is 1. The number of aromatic nitrogens is 1. The summed E-state index contributed by atoms with van der Waals surface area (Å²) < 4.78 is 5.76. The Morgan fingerprint density at radius 2 is 2.00 bits per heavy atom. The summed E-state index contributed by atoms with van der Waals surface area (Å²) in [6, 6.07) is 9.82. The average molecular weight is 273 g/mol. The van der Waals surface area contributed by atoms with Gasteiger partial charge in [-0.1, -0.05) is 39.0 Å². The van der Waals surface area contributed by atoms with E-state index in [1.54, 1.807) is 6.20 Å². The summed E-state index contributed by atoms with van der Waals surface area (Å²) in [4.78, 5) is 4.34. The Labute approximate surface area is 120 Å². The number of nitrogens with zero attached hydrogens (tertiary/aromatic N) is 1. The number of aliphatic hydroxyl groups excluding tert-OH is 1. The van der Waals surface area contributed by atoms with Crippen LogP contribution in [0.3, 0.4) is 0 Å². The number of fused-ring (bicyclic) bond motifs is 1. The molecular formula is C17H23NO2. The minimum atomic E-state index is -0.652. The summed E-state index contributed by atoms with van der Waals surface area (Å²) >= 11 is 0. The molecule has 0 aliphatic rings. The first-order valence-electron chi connectivity index (χ1n) is 7.08. The van der Waals surface area contributed by atoms with Gasteiger partial charge in [-0.15, -0.1) is 0 Å². The number of pyridine rings is 1. The molecule has 0 aliphatic carbocycles. The summed E-state index contributed by atoms with van der Waals surface area (Å²) in [5, 5.41) is 11.7. The third kappa shape index (κ3) is 3.17. The van der Waals surface area contributed by atoms with Crippen LogP contribution >= 0.6 is 0 Å². The molecule has 108 valence electrons. The van der Waals surface area contributed by atoms with Crippen LogP contribution in [0.25, 0.3) is 10.9 Å². The fraction of sp³-hybridized carbons (Fsp3) is 0.471. The smallest absolute Gasteiger partial charge is 0.106 e. The zero-order valence-electron chi connectivity index (χ0n) is 12.6. The maximum Gasteiger partial charge on any atom is 0.106 e. The third-order valence-electron chi connectivity index (χ3n) is 3.46. The predicted octanol–water partition coefficient (Wildman–Crippen LogP) is 3.72. The van der Waals surface area contributed by atoms with Gasteiger partial charge in [-0.2, -0.15) is 0 Å². The highest BCUT2D eigenvalue weighted by Crippen LogP contribution is 2.33. The molecule has 2 unspecified atom stereocenters. The predicted molar refractivity (Wildman–Crippen MR) is 81.6 cm³/mol. The molecule has 2 aromatic rings. The van der Waals surface area contributed by atoms with Crippen molar-refractivity contribution in [2.45, 2.75) is 39.9 Å². The van der Waals surface area contributed by atoms with Crippen molar-refractivity contribution in [3.05, 3.63) is 42.1 Å². The van der Waals surface area contributed by atoms with E-state index >= 15 is 0 Å². The van der Waals surface area contributed by atoms with Crippen molar-refractivity contribution in [3.8, 4) is 0 Å². The molecule has 0 saturated heterocycles. The van der Waals surface area contributed by atoms with Gasteiger partial charge in [0.15, 0.2) is 0 Å². The van der Waals surface area contributed by atoms with Gasteiger partial charge in [-0.25, -0.2) is 0 Å². The molecule has 3 heteroatoms.